The normalized spacial score (nSPS) is 19.8. The van der Waals surface area contributed by atoms with Crippen LogP contribution < -0.4 is 16.8 Å². The molecule has 2 aliphatic heterocycles. The molecule has 36 heavy (non-hydrogen) atoms. The number of aliphatic carboxylic acids is 1. The highest BCUT2D eigenvalue weighted by atomic mass is 32.2. The van der Waals surface area contributed by atoms with Crippen molar-refractivity contribution in [2.24, 2.45) is 10.9 Å². The maximum absolute atomic E-state index is 12.9. The van der Waals surface area contributed by atoms with Crippen molar-refractivity contribution < 1.29 is 19.5 Å². The monoisotopic (exact) mass is 548 g/mol. The van der Waals surface area contributed by atoms with Gasteiger partial charge < -0.3 is 21.9 Å². The summed E-state index contributed by atoms with van der Waals surface area (Å²) in [4.78, 5) is 63.2. The van der Waals surface area contributed by atoms with Gasteiger partial charge in [0.1, 0.15) is 28.0 Å². The van der Waals surface area contributed by atoms with Crippen LogP contribution in [0.3, 0.4) is 0 Å². The van der Waals surface area contributed by atoms with Crippen molar-refractivity contribution in [1.29, 1.82) is 0 Å². The van der Waals surface area contributed by atoms with E-state index in [9.17, 15) is 24.4 Å². The van der Waals surface area contributed by atoms with Crippen molar-refractivity contribution in [3.05, 3.63) is 51.7 Å². The molecule has 2 amide bonds. The van der Waals surface area contributed by atoms with Crippen LogP contribution in [0.4, 0.5) is 5.82 Å². The number of carbonyl (C=O) groups excluding carboxylic acids is 2. The number of carboxylic acids is 1. The van der Waals surface area contributed by atoms with Gasteiger partial charge in [-0.2, -0.15) is 0 Å². The van der Waals surface area contributed by atoms with Crippen LogP contribution in [0.15, 0.2) is 56.4 Å². The van der Waals surface area contributed by atoms with Gasteiger partial charge in [0.25, 0.3) is 11.8 Å². The Kier molecular flexibility index (Phi) is 8.07. The van der Waals surface area contributed by atoms with Crippen molar-refractivity contribution in [3.63, 3.8) is 0 Å². The van der Waals surface area contributed by atoms with Gasteiger partial charge in [0, 0.05) is 29.2 Å². The zero-order valence-corrected chi connectivity index (χ0v) is 20.9. The van der Waals surface area contributed by atoms with E-state index in [4.69, 9.17) is 11.5 Å². The number of nitrogens with zero attached hydrogens (tertiary/aromatic N) is 5. The summed E-state index contributed by atoms with van der Waals surface area (Å²) >= 11 is 3.81. The zero-order chi connectivity index (χ0) is 25.8. The summed E-state index contributed by atoms with van der Waals surface area (Å²) < 4.78 is 0. The molecular weight excluding hydrogens is 528 g/mol. The number of nitroso groups, excluding NO2 is 1. The average molecular weight is 549 g/mol. The number of carboxylic acid groups (broad SMARTS) is 1. The van der Waals surface area contributed by atoms with Crippen LogP contribution in [0.25, 0.3) is 0 Å². The summed E-state index contributed by atoms with van der Waals surface area (Å²) in [6.07, 6.45) is 1.57. The molecule has 1 saturated heterocycles. The molecule has 0 saturated carbocycles. The number of β-lactam (4-membered cyclic amide) rings is 1. The van der Waals surface area contributed by atoms with Crippen LogP contribution in [-0.4, -0.2) is 72.2 Å². The molecule has 0 aliphatic carbocycles. The van der Waals surface area contributed by atoms with E-state index in [-0.39, 0.29) is 23.0 Å². The molecule has 0 spiro atoms. The molecule has 1 fully saturated rings. The topological polar surface area (TPSA) is 207 Å². The summed E-state index contributed by atoms with van der Waals surface area (Å²) in [6, 6.07) is 3.57. The van der Waals surface area contributed by atoms with Gasteiger partial charge in [-0.3, -0.25) is 14.5 Å². The molecule has 16 heteroatoms. The van der Waals surface area contributed by atoms with E-state index in [1.165, 1.54) is 41.7 Å². The number of thioether (sulfide) groups is 3. The number of aromatic nitrogens is 3. The number of nitrogen functional groups attached to an aromatic ring is 1. The Bertz CT molecular complexity index is 1250. The number of carbonyl (C=O) groups is 3. The lowest BCUT2D eigenvalue weighted by molar-refractivity contribution is -0.150. The molecule has 6 N–H and O–H groups in total. The fourth-order valence-electron chi connectivity index (χ4n) is 3.49. The first kappa shape index (κ1) is 25.9. The van der Waals surface area contributed by atoms with E-state index in [0.29, 0.717) is 27.4 Å². The predicted octanol–water partition coefficient (Wildman–Crippen LogP) is 0.800. The molecule has 0 aromatic carbocycles. The molecule has 2 aromatic rings. The Labute approximate surface area is 217 Å². The summed E-state index contributed by atoms with van der Waals surface area (Å²) in [7, 11) is 0. The second kappa shape index (κ2) is 11.2. The van der Waals surface area contributed by atoms with Gasteiger partial charge in [-0.15, -0.1) is 16.7 Å². The molecule has 0 bridgehead atoms. The molecule has 188 valence electrons. The minimum atomic E-state index is -1.51. The third kappa shape index (κ3) is 5.30. The van der Waals surface area contributed by atoms with Gasteiger partial charge in [0.2, 0.25) is 6.04 Å². The number of nitrogens with two attached hydrogens (primary N) is 2. The van der Waals surface area contributed by atoms with Gasteiger partial charge >= 0.3 is 5.97 Å². The van der Waals surface area contributed by atoms with Crippen molar-refractivity contribution >= 4 is 58.9 Å². The van der Waals surface area contributed by atoms with Crippen molar-refractivity contribution in [3.8, 4) is 0 Å². The second-order valence-corrected chi connectivity index (χ2v) is 10.7. The van der Waals surface area contributed by atoms with E-state index >= 15 is 0 Å². The van der Waals surface area contributed by atoms with Gasteiger partial charge in [0.05, 0.1) is 5.69 Å². The average Bonchev–Trinajstić information content (AvgIpc) is 2.86. The second-order valence-electron chi connectivity index (χ2n) is 7.38. The van der Waals surface area contributed by atoms with Crippen LogP contribution in [0.2, 0.25) is 0 Å². The van der Waals surface area contributed by atoms with Crippen LogP contribution >= 0.6 is 35.3 Å². The molecule has 3 unspecified atom stereocenters. The fourth-order valence-corrected chi connectivity index (χ4v) is 6.57. The van der Waals surface area contributed by atoms with Gasteiger partial charge in [0.15, 0.2) is 5.16 Å². The van der Waals surface area contributed by atoms with E-state index in [1.54, 1.807) is 12.3 Å². The van der Waals surface area contributed by atoms with E-state index in [0.717, 1.165) is 16.7 Å². The molecule has 4 heterocycles. The highest BCUT2D eigenvalue weighted by molar-refractivity contribution is 8.06. The van der Waals surface area contributed by atoms with Crippen molar-refractivity contribution in [2.45, 2.75) is 27.6 Å². The number of pyridine rings is 1. The third-order valence-electron chi connectivity index (χ3n) is 5.04. The van der Waals surface area contributed by atoms with Crippen LogP contribution in [0.5, 0.6) is 0 Å². The van der Waals surface area contributed by atoms with Crippen LogP contribution in [0.1, 0.15) is 11.7 Å². The molecule has 2 aliphatic rings. The fraction of sp³-hybridized carbons (Fsp3) is 0.300. The van der Waals surface area contributed by atoms with Crippen LogP contribution in [0, 0.1) is 4.91 Å². The first-order chi connectivity index (χ1) is 17.3. The number of fused-ring (bicyclic) bond motifs is 1. The lowest BCUT2D eigenvalue weighted by Gasteiger charge is -2.49. The Hall–Kier alpha value is -3.21. The van der Waals surface area contributed by atoms with E-state index in [2.05, 4.69) is 25.4 Å². The smallest absolute Gasteiger partial charge is 0.353 e. The lowest BCUT2D eigenvalue weighted by atomic mass is 10.0. The minimum absolute atomic E-state index is 0.0427. The Morgan fingerprint density at radius 2 is 2.14 bits per heavy atom. The molecule has 0 radical (unpaired) electrons. The molecular formula is C20H20N8O5S3. The van der Waals surface area contributed by atoms with Gasteiger partial charge in [-0.1, -0.05) is 29.6 Å². The Morgan fingerprint density at radius 3 is 2.83 bits per heavy atom. The standard InChI is InChI=1S/C20H20N8O5S3/c21-5-7-34-20-23-6-4-12(25-20)36-10-8-35-18-14(17(30)28(18)15(10)19(31)32)26-16(29)13(27-33)9-2-1-3-11(22)24-9/h1-4,6,13-14,18H,5,7-8,21H2,(H2,22,24)(H,26,29)(H,31,32). The summed E-state index contributed by atoms with van der Waals surface area (Å²) in [6.45, 7) is 0.464. The molecule has 3 atom stereocenters. The molecule has 13 nitrogen and oxygen atoms in total. The number of anilines is 1. The van der Waals surface area contributed by atoms with E-state index in [1.807, 2.05) is 0 Å². The quantitative estimate of drug-likeness (QED) is 0.107. The zero-order valence-electron chi connectivity index (χ0n) is 18.4. The number of hydrogen-bond donors (Lipinski definition) is 4. The summed E-state index contributed by atoms with van der Waals surface area (Å²) in [5, 5.41) is 15.6. The highest BCUT2D eigenvalue weighted by Gasteiger charge is 2.54. The number of amides is 2. The first-order valence-electron chi connectivity index (χ1n) is 10.4. The number of nitrogens with one attached hydrogen (secondary N) is 1. The highest BCUT2D eigenvalue weighted by Crippen LogP contribution is 2.45. The molecule has 4 rings (SSSR count). The predicted molar refractivity (Wildman–Crippen MR) is 135 cm³/mol. The first-order valence-corrected chi connectivity index (χ1v) is 13.3. The maximum Gasteiger partial charge on any atom is 0.353 e. The van der Waals surface area contributed by atoms with E-state index < -0.39 is 35.2 Å². The number of rotatable bonds is 10. The SMILES string of the molecule is NCCSc1nccc(SC2=C(C(=O)O)N3C(=O)C(NC(=O)C(N=O)c4cccc(N)n4)C3SC2)n1. The van der Waals surface area contributed by atoms with Crippen molar-refractivity contribution in [1.82, 2.24) is 25.2 Å². The summed E-state index contributed by atoms with van der Waals surface area (Å²) in [5.74, 6) is -1.69. The largest absolute Gasteiger partial charge is 0.477 e. The van der Waals surface area contributed by atoms with Crippen molar-refractivity contribution in [2.75, 3.05) is 23.8 Å². The van der Waals surface area contributed by atoms with Crippen LogP contribution in [-0.2, 0) is 14.4 Å². The van der Waals surface area contributed by atoms with Gasteiger partial charge in [-0.05, 0) is 23.4 Å². The third-order valence-corrected chi connectivity index (χ3v) is 8.42. The lowest BCUT2D eigenvalue weighted by Crippen LogP contribution is -2.70. The Balaban J connectivity index is 1.50. The Morgan fingerprint density at radius 1 is 1.33 bits per heavy atom. The number of hydrogen-bond acceptors (Lipinski definition) is 13. The van der Waals surface area contributed by atoms with Gasteiger partial charge in [-0.25, -0.2) is 19.7 Å². The minimum Gasteiger partial charge on any atom is -0.477 e. The molecule has 2 aromatic heterocycles. The maximum atomic E-state index is 12.9. The summed E-state index contributed by atoms with van der Waals surface area (Å²) in [5.41, 5.74) is 11.0.